The van der Waals surface area contributed by atoms with E-state index in [0.29, 0.717) is 6.54 Å². The highest BCUT2D eigenvalue weighted by atomic mass is 16.3. The van der Waals surface area contributed by atoms with Crippen LogP contribution in [0.4, 0.5) is 5.82 Å². The smallest absolute Gasteiger partial charge is 0.132 e. The minimum absolute atomic E-state index is 0.236. The number of nitrogens with one attached hydrogen (secondary N) is 1. The van der Waals surface area contributed by atoms with E-state index in [1.54, 1.807) is 6.33 Å². The average Bonchev–Trinajstić information content (AvgIpc) is 2.35. The fraction of sp³-hybridized carbons (Fsp3) is 0.636. The molecule has 5 nitrogen and oxygen atoms in total. The summed E-state index contributed by atoms with van der Waals surface area (Å²) in [5.41, 5.74) is 2.28. The first-order valence-electron chi connectivity index (χ1n) is 5.67. The molecule has 1 aromatic rings. The molecule has 0 spiro atoms. The molecule has 1 unspecified atom stereocenters. The molecule has 5 heteroatoms. The van der Waals surface area contributed by atoms with Crippen LogP contribution in [-0.4, -0.2) is 39.4 Å². The molecule has 16 heavy (non-hydrogen) atoms. The Morgan fingerprint density at radius 1 is 1.31 bits per heavy atom. The molecule has 0 aromatic carbocycles. The first-order valence-corrected chi connectivity index (χ1v) is 5.67. The highest BCUT2D eigenvalue weighted by Crippen LogP contribution is 2.24. The Balaban J connectivity index is 2.08. The molecule has 0 saturated heterocycles. The number of anilines is 1. The van der Waals surface area contributed by atoms with Gasteiger partial charge in [-0.25, -0.2) is 9.97 Å². The molecule has 0 aliphatic heterocycles. The Labute approximate surface area is 94.6 Å². The predicted octanol–water partition coefficient (Wildman–Crippen LogP) is 0.120. The van der Waals surface area contributed by atoms with E-state index in [0.717, 1.165) is 30.8 Å². The van der Waals surface area contributed by atoms with Gasteiger partial charge in [-0.2, -0.15) is 0 Å². The summed E-state index contributed by atoms with van der Waals surface area (Å²) in [4.78, 5) is 8.45. The lowest BCUT2D eigenvalue weighted by atomic mass is 9.96. The van der Waals surface area contributed by atoms with Crippen molar-refractivity contribution in [2.45, 2.75) is 31.8 Å². The van der Waals surface area contributed by atoms with Crippen LogP contribution in [-0.2, 0) is 12.8 Å². The van der Waals surface area contributed by atoms with Crippen LogP contribution in [0.2, 0.25) is 0 Å². The monoisotopic (exact) mass is 223 g/mol. The molecule has 0 bridgehead atoms. The van der Waals surface area contributed by atoms with Crippen LogP contribution in [0, 0.1) is 0 Å². The van der Waals surface area contributed by atoms with E-state index >= 15 is 0 Å². The number of aryl methyl sites for hydroxylation is 1. The van der Waals surface area contributed by atoms with Crippen molar-refractivity contribution in [3.05, 3.63) is 17.6 Å². The summed E-state index contributed by atoms with van der Waals surface area (Å²) in [7, 11) is 0. The number of fused-ring (bicyclic) bond motifs is 1. The molecule has 0 radical (unpaired) electrons. The first-order chi connectivity index (χ1) is 7.81. The summed E-state index contributed by atoms with van der Waals surface area (Å²) in [6, 6.07) is 0. The second kappa shape index (κ2) is 5.23. The average molecular weight is 223 g/mol. The molecule has 3 N–H and O–H groups in total. The van der Waals surface area contributed by atoms with Gasteiger partial charge in [0.05, 0.1) is 12.7 Å². The van der Waals surface area contributed by atoms with Crippen molar-refractivity contribution >= 4 is 5.82 Å². The molecule has 1 heterocycles. The Hall–Kier alpha value is -1.20. The first kappa shape index (κ1) is 11.3. The highest BCUT2D eigenvalue weighted by Gasteiger charge is 2.15. The molecule has 2 rings (SSSR count). The van der Waals surface area contributed by atoms with Crippen LogP contribution in [0.15, 0.2) is 6.33 Å². The molecule has 1 aliphatic carbocycles. The molecule has 0 fully saturated rings. The van der Waals surface area contributed by atoms with E-state index in [1.165, 1.54) is 12.0 Å². The van der Waals surface area contributed by atoms with Gasteiger partial charge in [-0.05, 0) is 25.7 Å². The lowest BCUT2D eigenvalue weighted by Gasteiger charge is -2.18. The van der Waals surface area contributed by atoms with Crippen molar-refractivity contribution < 1.29 is 10.2 Å². The standard InChI is InChI=1S/C11H17N3O2/c15-6-8(16)5-12-11-9-3-1-2-4-10(9)13-7-14-11/h7-8,15-16H,1-6H2,(H,12,13,14). The van der Waals surface area contributed by atoms with E-state index < -0.39 is 6.10 Å². The Bertz CT molecular complexity index is 357. The normalized spacial score (nSPS) is 16.6. The molecule has 1 aromatic heterocycles. The fourth-order valence-electron chi connectivity index (χ4n) is 1.95. The second-order valence-corrected chi connectivity index (χ2v) is 4.07. The van der Waals surface area contributed by atoms with Gasteiger partial charge in [0.1, 0.15) is 12.1 Å². The van der Waals surface area contributed by atoms with Crippen LogP contribution in [0.3, 0.4) is 0 Å². The maximum atomic E-state index is 9.27. The Kier molecular flexibility index (Phi) is 3.69. The zero-order valence-corrected chi connectivity index (χ0v) is 9.19. The molecular formula is C11H17N3O2. The highest BCUT2D eigenvalue weighted by molar-refractivity contribution is 5.46. The maximum Gasteiger partial charge on any atom is 0.132 e. The summed E-state index contributed by atoms with van der Waals surface area (Å²) in [5, 5.41) is 21.1. The van der Waals surface area contributed by atoms with E-state index in [1.807, 2.05) is 0 Å². The number of aliphatic hydroxyl groups excluding tert-OH is 2. The quantitative estimate of drug-likeness (QED) is 0.676. The molecule has 1 aliphatic rings. The molecule has 1 atom stereocenters. The van der Waals surface area contributed by atoms with E-state index in [2.05, 4.69) is 15.3 Å². The zero-order chi connectivity index (χ0) is 11.4. The number of aromatic nitrogens is 2. The van der Waals surface area contributed by atoms with Crippen LogP contribution in [0.25, 0.3) is 0 Å². The third kappa shape index (κ3) is 2.48. The second-order valence-electron chi connectivity index (χ2n) is 4.07. The largest absolute Gasteiger partial charge is 0.394 e. The molecule has 0 saturated carbocycles. The topological polar surface area (TPSA) is 78.3 Å². The van der Waals surface area contributed by atoms with Crippen molar-refractivity contribution in [1.29, 1.82) is 0 Å². The Morgan fingerprint density at radius 2 is 2.12 bits per heavy atom. The summed E-state index contributed by atoms with van der Waals surface area (Å²) in [6.45, 7) is 0.0836. The van der Waals surface area contributed by atoms with Gasteiger partial charge in [-0.15, -0.1) is 0 Å². The number of nitrogens with zero attached hydrogens (tertiary/aromatic N) is 2. The van der Waals surface area contributed by atoms with Crippen molar-refractivity contribution in [3.63, 3.8) is 0 Å². The third-order valence-corrected chi connectivity index (χ3v) is 2.84. The van der Waals surface area contributed by atoms with Gasteiger partial charge in [0.25, 0.3) is 0 Å². The van der Waals surface area contributed by atoms with Gasteiger partial charge < -0.3 is 15.5 Å². The zero-order valence-electron chi connectivity index (χ0n) is 9.19. The van der Waals surface area contributed by atoms with Crippen LogP contribution in [0.1, 0.15) is 24.1 Å². The van der Waals surface area contributed by atoms with E-state index in [4.69, 9.17) is 5.11 Å². The maximum absolute atomic E-state index is 9.27. The fourth-order valence-corrected chi connectivity index (χ4v) is 1.95. The van der Waals surface area contributed by atoms with Crippen molar-refractivity contribution in [2.24, 2.45) is 0 Å². The van der Waals surface area contributed by atoms with Gasteiger partial charge in [0.15, 0.2) is 0 Å². The molecule has 0 amide bonds. The SMILES string of the molecule is OCC(O)CNc1ncnc2c1CCCC2. The van der Waals surface area contributed by atoms with Gasteiger partial charge in [0, 0.05) is 17.8 Å². The van der Waals surface area contributed by atoms with Gasteiger partial charge >= 0.3 is 0 Å². The van der Waals surface area contributed by atoms with Gasteiger partial charge in [-0.3, -0.25) is 0 Å². The summed E-state index contributed by atoms with van der Waals surface area (Å²) < 4.78 is 0. The van der Waals surface area contributed by atoms with Crippen LogP contribution < -0.4 is 5.32 Å². The number of rotatable bonds is 4. The lowest BCUT2D eigenvalue weighted by molar-refractivity contribution is 0.105. The minimum Gasteiger partial charge on any atom is -0.394 e. The predicted molar refractivity (Wildman–Crippen MR) is 60.3 cm³/mol. The van der Waals surface area contributed by atoms with Gasteiger partial charge in [-0.1, -0.05) is 0 Å². The van der Waals surface area contributed by atoms with E-state index in [-0.39, 0.29) is 6.61 Å². The third-order valence-electron chi connectivity index (χ3n) is 2.84. The van der Waals surface area contributed by atoms with Crippen molar-refractivity contribution in [3.8, 4) is 0 Å². The van der Waals surface area contributed by atoms with Gasteiger partial charge in [0.2, 0.25) is 0 Å². The number of hydrogen-bond donors (Lipinski definition) is 3. The van der Waals surface area contributed by atoms with Crippen molar-refractivity contribution in [2.75, 3.05) is 18.5 Å². The summed E-state index contributed by atoms with van der Waals surface area (Å²) >= 11 is 0. The molecular weight excluding hydrogens is 206 g/mol. The van der Waals surface area contributed by atoms with Crippen molar-refractivity contribution in [1.82, 2.24) is 9.97 Å². The number of aliphatic hydroxyl groups is 2. The summed E-state index contributed by atoms with van der Waals surface area (Å²) in [6.07, 6.45) is 5.16. The van der Waals surface area contributed by atoms with Crippen LogP contribution >= 0.6 is 0 Å². The minimum atomic E-state index is -0.741. The lowest BCUT2D eigenvalue weighted by Crippen LogP contribution is -2.24. The Morgan fingerprint density at radius 3 is 2.94 bits per heavy atom. The number of hydrogen-bond acceptors (Lipinski definition) is 5. The van der Waals surface area contributed by atoms with E-state index in [9.17, 15) is 5.11 Å². The summed E-state index contributed by atoms with van der Waals surface area (Å²) in [5.74, 6) is 0.803. The molecule has 88 valence electrons. The van der Waals surface area contributed by atoms with Crippen LogP contribution in [0.5, 0.6) is 0 Å².